The van der Waals surface area contributed by atoms with Crippen molar-refractivity contribution in [1.29, 1.82) is 0 Å². The van der Waals surface area contributed by atoms with Crippen LogP contribution < -0.4 is 4.74 Å². The highest BCUT2D eigenvalue weighted by molar-refractivity contribution is 6.33. The predicted molar refractivity (Wildman–Crippen MR) is 104 cm³/mol. The minimum atomic E-state index is -0.770. The number of methoxy groups -OCH3 is 1. The van der Waals surface area contributed by atoms with Gasteiger partial charge in [-0.25, -0.2) is 9.18 Å². The van der Waals surface area contributed by atoms with Gasteiger partial charge in [-0.1, -0.05) is 22.8 Å². The second-order valence-corrected chi connectivity index (χ2v) is 6.63. The number of aromatic nitrogens is 1. The van der Waals surface area contributed by atoms with E-state index in [-0.39, 0.29) is 40.0 Å². The Bertz CT molecular complexity index is 1070. The van der Waals surface area contributed by atoms with Crippen LogP contribution in [-0.2, 0) is 11.3 Å². The third-order valence-corrected chi connectivity index (χ3v) is 4.63. The number of hydrogen-bond acceptors (Lipinski definition) is 6. The number of carbonyl (C=O) groups is 2. The third kappa shape index (κ3) is 4.14. The molecule has 0 unspecified atom stereocenters. The number of nitrogens with zero attached hydrogens (tertiary/aromatic N) is 1. The number of benzene rings is 2. The monoisotopic (exact) mass is 417 g/mol. The van der Waals surface area contributed by atoms with Crippen molar-refractivity contribution in [1.82, 2.24) is 5.16 Å². The highest BCUT2D eigenvalue weighted by Crippen LogP contribution is 2.34. The van der Waals surface area contributed by atoms with Crippen molar-refractivity contribution in [2.75, 3.05) is 7.11 Å². The minimum absolute atomic E-state index is 0.0290. The van der Waals surface area contributed by atoms with Crippen LogP contribution in [0.2, 0.25) is 5.02 Å². The molecule has 0 bridgehead atoms. The summed E-state index contributed by atoms with van der Waals surface area (Å²) in [4.78, 5) is 24.4. The molecule has 0 radical (unpaired) electrons. The zero-order chi connectivity index (χ0) is 21.1. The van der Waals surface area contributed by atoms with E-state index < -0.39 is 11.8 Å². The maximum atomic E-state index is 14.3. The first-order valence-electron chi connectivity index (χ1n) is 8.59. The molecule has 0 N–H and O–H groups in total. The number of rotatable bonds is 6. The Labute approximate surface area is 171 Å². The molecule has 0 fully saturated rings. The van der Waals surface area contributed by atoms with Crippen LogP contribution in [-0.4, -0.2) is 24.0 Å². The van der Waals surface area contributed by atoms with Gasteiger partial charge in [-0.2, -0.15) is 0 Å². The summed E-state index contributed by atoms with van der Waals surface area (Å²) in [6.45, 7) is 2.78. The van der Waals surface area contributed by atoms with Crippen molar-refractivity contribution in [2.24, 2.45) is 0 Å². The van der Waals surface area contributed by atoms with E-state index in [0.717, 1.165) is 0 Å². The van der Waals surface area contributed by atoms with Gasteiger partial charge in [0.2, 0.25) is 0 Å². The second-order valence-electron chi connectivity index (χ2n) is 6.22. The summed E-state index contributed by atoms with van der Waals surface area (Å²) in [5.74, 6) is -0.924. The van der Waals surface area contributed by atoms with Gasteiger partial charge in [-0.05, 0) is 44.2 Å². The summed E-state index contributed by atoms with van der Waals surface area (Å²) in [6, 6.07) is 8.96. The van der Waals surface area contributed by atoms with Crippen molar-refractivity contribution in [3.05, 3.63) is 69.7 Å². The molecule has 1 heterocycles. The first kappa shape index (κ1) is 20.5. The van der Waals surface area contributed by atoms with E-state index in [1.807, 2.05) is 0 Å². The third-order valence-electron chi connectivity index (χ3n) is 4.31. The van der Waals surface area contributed by atoms with Gasteiger partial charge >= 0.3 is 5.97 Å². The van der Waals surface area contributed by atoms with Crippen LogP contribution in [0, 0.1) is 12.7 Å². The number of ether oxygens (including phenoxy) is 2. The molecule has 0 aliphatic rings. The normalized spacial score (nSPS) is 10.7. The number of carbonyl (C=O) groups excluding carboxylic acids is 2. The Morgan fingerprint density at radius 3 is 2.66 bits per heavy atom. The van der Waals surface area contributed by atoms with Gasteiger partial charge in [0.15, 0.2) is 5.78 Å². The van der Waals surface area contributed by atoms with Crippen molar-refractivity contribution >= 4 is 23.4 Å². The van der Waals surface area contributed by atoms with Crippen molar-refractivity contribution in [3.8, 4) is 17.0 Å². The molecular formula is C21H17ClFNO5. The van der Waals surface area contributed by atoms with E-state index in [0.29, 0.717) is 16.9 Å². The number of halogens is 2. The molecule has 0 atom stereocenters. The van der Waals surface area contributed by atoms with Gasteiger partial charge in [-0.3, -0.25) is 4.79 Å². The highest BCUT2D eigenvalue weighted by Gasteiger charge is 2.26. The van der Waals surface area contributed by atoms with Gasteiger partial charge < -0.3 is 14.0 Å². The van der Waals surface area contributed by atoms with Crippen LogP contribution in [0.5, 0.6) is 5.75 Å². The average Bonchev–Trinajstić information content (AvgIpc) is 3.06. The Kier molecular flexibility index (Phi) is 5.98. The maximum absolute atomic E-state index is 14.3. The molecule has 0 saturated heterocycles. The zero-order valence-corrected chi connectivity index (χ0v) is 16.7. The summed E-state index contributed by atoms with van der Waals surface area (Å²) < 4.78 is 30.0. The van der Waals surface area contributed by atoms with E-state index >= 15 is 0 Å². The Morgan fingerprint density at radius 2 is 2.00 bits per heavy atom. The largest absolute Gasteiger partial charge is 0.496 e. The molecule has 8 heteroatoms. The number of hydrogen-bond donors (Lipinski definition) is 0. The van der Waals surface area contributed by atoms with Crippen LogP contribution in [0.3, 0.4) is 0 Å². The molecule has 150 valence electrons. The maximum Gasteiger partial charge on any atom is 0.344 e. The standard InChI is InChI=1S/C21H17ClFNO5/c1-11(25)13-7-8-17(27-3)14(9-13)10-28-21(26)18-12(2)29-24-20(18)19-15(22)5-4-6-16(19)23/h4-9H,10H2,1-3H3. The fraction of sp³-hybridized carbons (Fsp3) is 0.190. The van der Waals surface area contributed by atoms with Crippen molar-refractivity contribution in [3.63, 3.8) is 0 Å². The lowest BCUT2D eigenvalue weighted by Crippen LogP contribution is -2.09. The molecule has 0 amide bonds. The molecule has 2 aromatic carbocycles. The smallest absolute Gasteiger partial charge is 0.344 e. The van der Waals surface area contributed by atoms with E-state index in [1.165, 1.54) is 39.2 Å². The number of esters is 1. The van der Waals surface area contributed by atoms with Gasteiger partial charge in [0.1, 0.15) is 35.2 Å². The zero-order valence-electron chi connectivity index (χ0n) is 15.9. The van der Waals surface area contributed by atoms with E-state index in [2.05, 4.69) is 5.16 Å². The molecule has 29 heavy (non-hydrogen) atoms. The van der Waals surface area contributed by atoms with Gasteiger partial charge in [0.05, 0.1) is 17.7 Å². The quantitative estimate of drug-likeness (QED) is 0.414. The Balaban J connectivity index is 1.91. The molecule has 3 rings (SSSR count). The van der Waals surface area contributed by atoms with Crippen LogP contribution in [0.25, 0.3) is 11.3 Å². The van der Waals surface area contributed by atoms with E-state index in [4.69, 9.17) is 25.6 Å². The van der Waals surface area contributed by atoms with Gasteiger partial charge in [-0.15, -0.1) is 0 Å². The molecule has 1 aromatic heterocycles. The minimum Gasteiger partial charge on any atom is -0.496 e. The SMILES string of the molecule is COc1ccc(C(C)=O)cc1COC(=O)c1c(-c2c(F)cccc2Cl)noc1C. The first-order chi connectivity index (χ1) is 13.8. The molecule has 6 nitrogen and oxygen atoms in total. The van der Waals surface area contributed by atoms with Crippen LogP contribution >= 0.6 is 11.6 Å². The van der Waals surface area contributed by atoms with Crippen molar-refractivity contribution in [2.45, 2.75) is 20.5 Å². The average molecular weight is 418 g/mol. The van der Waals surface area contributed by atoms with Gasteiger partial charge in [0, 0.05) is 11.1 Å². The fourth-order valence-corrected chi connectivity index (χ4v) is 3.09. The summed E-state index contributed by atoms with van der Waals surface area (Å²) in [5, 5.41) is 3.87. The summed E-state index contributed by atoms with van der Waals surface area (Å²) in [7, 11) is 1.47. The van der Waals surface area contributed by atoms with Crippen LogP contribution in [0.4, 0.5) is 4.39 Å². The summed E-state index contributed by atoms with van der Waals surface area (Å²) in [6.07, 6.45) is 0. The number of aryl methyl sites for hydroxylation is 1. The highest BCUT2D eigenvalue weighted by atomic mass is 35.5. The molecule has 0 saturated carbocycles. The van der Waals surface area contributed by atoms with E-state index in [9.17, 15) is 14.0 Å². The topological polar surface area (TPSA) is 78.6 Å². The lowest BCUT2D eigenvalue weighted by molar-refractivity contribution is 0.0469. The Hall–Kier alpha value is -3.19. The number of ketones is 1. The van der Waals surface area contributed by atoms with Crippen molar-refractivity contribution < 1.29 is 28.0 Å². The predicted octanol–water partition coefficient (Wildman–Crippen LogP) is 5.01. The first-order valence-corrected chi connectivity index (χ1v) is 8.97. The summed E-state index contributed by atoms with van der Waals surface area (Å²) >= 11 is 6.09. The lowest BCUT2D eigenvalue weighted by Gasteiger charge is -2.11. The molecular weight excluding hydrogens is 401 g/mol. The molecule has 0 spiro atoms. The van der Waals surface area contributed by atoms with Gasteiger partial charge in [0.25, 0.3) is 0 Å². The lowest BCUT2D eigenvalue weighted by atomic mass is 10.1. The Morgan fingerprint density at radius 1 is 1.24 bits per heavy atom. The van der Waals surface area contributed by atoms with Crippen LogP contribution in [0.15, 0.2) is 40.9 Å². The number of Topliss-reactive ketones (excluding diaryl/α,β-unsaturated/α-hetero) is 1. The molecule has 3 aromatic rings. The summed E-state index contributed by atoms with van der Waals surface area (Å²) in [5.41, 5.74) is 0.845. The molecule has 0 aliphatic heterocycles. The fourth-order valence-electron chi connectivity index (χ4n) is 2.83. The van der Waals surface area contributed by atoms with E-state index in [1.54, 1.807) is 18.2 Å². The van der Waals surface area contributed by atoms with Crippen LogP contribution in [0.1, 0.15) is 39.0 Å². The molecule has 0 aliphatic carbocycles. The second kappa shape index (κ2) is 8.45.